The molecule has 0 radical (unpaired) electrons. The zero-order valence-electron chi connectivity index (χ0n) is 7.23. The van der Waals surface area contributed by atoms with Gasteiger partial charge in [0.25, 0.3) is 0 Å². The lowest BCUT2D eigenvalue weighted by Crippen LogP contribution is -1.99. The van der Waals surface area contributed by atoms with E-state index in [9.17, 15) is 0 Å². The lowest BCUT2D eigenvalue weighted by atomic mass is 10.6. The van der Waals surface area contributed by atoms with Gasteiger partial charge in [-0.1, -0.05) is 0 Å². The Bertz CT molecular complexity index is 225. The molecule has 0 aromatic carbocycles. The van der Waals surface area contributed by atoms with Gasteiger partial charge in [-0.2, -0.15) is 11.8 Å². The number of aliphatic hydroxyl groups excluding tert-OH is 1. The second-order valence-corrected chi connectivity index (χ2v) is 3.51. The number of imidazole rings is 1. The Labute approximate surface area is 76.8 Å². The average molecular weight is 186 g/mol. The highest BCUT2D eigenvalue weighted by Crippen LogP contribution is 2.09. The highest BCUT2D eigenvalue weighted by atomic mass is 32.2. The molecule has 3 nitrogen and oxygen atoms in total. The van der Waals surface area contributed by atoms with Crippen molar-refractivity contribution in [3.05, 3.63) is 18.2 Å². The first-order valence-corrected chi connectivity index (χ1v) is 5.22. The van der Waals surface area contributed by atoms with Gasteiger partial charge in [0.2, 0.25) is 0 Å². The fourth-order valence-corrected chi connectivity index (χ4v) is 1.69. The van der Waals surface area contributed by atoms with Gasteiger partial charge in [-0.15, -0.1) is 0 Å². The van der Waals surface area contributed by atoms with E-state index in [0.717, 1.165) is 23.9 Å². The standard InChI is InChI=1S/C8H14N2OS/c1-2-10-4-3-9-8(10)7-12-6-5-11/h3-4,11H,2,5-7H2,1H3. The van der Waals surface area contributed by atoms with Crippen LogP contribution in [-0.4, -0.2) is 27.0 Å². The average Bonchev–Trinajstić information content (AvgIpc) is 2.52. The van der Waals surface area contributed by atoms with E-state index in [2.05, 4.69) is 16.5 Å². The zero-order valence-corrected chi connectivity index (χ0v) is 8.05. The Morgan fingerprint density at radius 3 is 3.17 bits per heavy atom. The van der Waals surface area contributed by atoms with Crippen LogP contribution in [0.5, 0.6) is 0 Å². The highest BCUT2D eigenvalue weighted by Gasteiger charge is 1.99. The lowest BCUT2D eigenvalue weighted by Gasteiger charge is -2.02. The van der Waals surface area contributed by atoms with Crippen molar-refractivity contribution in [2.24, 2.45) is 0 Å². The highest BCUT2D eigenvalue weighted by molar-refractivity contribution is 7.98. The Balaban J connectivity index is 2.39. The Morgan fingerprint density at radius 1 is 1.67 bits per heavy atom. The number of hydrogen-bond acceptors (Lipinski definition) is 3. The molecule has 4 heteroatoms. The summed E-state index contributed by atoms with van der Waals surface area (Å²) in [6.07, 6.45) is 3.80. The maximum absolute atomic E-state index is 8.57. The molecule has 1 aromatic heterocycles. The summed E-state index contributed by atoms with van der Waals surface area (Å²) < 4.78 is 2.12. The van der Waals surface area contributed by atoms with Crippen molar-refractivity contribution in [1.82, 2.24) is 9.55 Å². The molecule has 0 atom stereocenters. The zero-order chi connectivity index (χ0) is 8.81. The van der Waals surface area contributed by atoms with Gasteiger partial charge in [-0.3, -0.25) is 0 Å². The number of hydrogen-bond donors (Lipinski definition) is 1. The Morgan fingerprint density at radius 2 is 2.50 bits per heavy atom. The van der Waals surface area contributed by atoms with E-state index in [1.807, 2.05) is 12.4 Å². The van der Waals surface area contributed by atoms with Crippen LogP contribution in [0.1, 0.15) is 12.7 Å². The molecule has 1 N–H and O–H groups in total. The molecule has 1 aromatic rings. The van der Waals surface area contributed by atoms with E-state index in [4.69, 9.17) is 5.11 Å². The quantitative estimate of drug-likeness (QED) is 0.700. The van der Waals surface area contributed by atoms with Crippen LogP contribution >= 0.6 is 11.8 Å². The van der Waals surface area contributed by atoms with Crippen LogP contribution in [0, 0.1) is 0 Å². The molecule has 0 bridgehead atoms. The monoisotopic (exact) mass is 186 g/mol. The minimum Gasteiger partial charge on any atom is -0.396 e. The number of nitrogens with zero attached hydrogens (tertiary/aromatic N) is 2. The third-order valence-electron chi connectivity index (χ3n) is 1.61. The minimum atomic E-state index is 0.248. The minimum absolute atomic E-state index is 0.248. The number of rotatable bonds is 5. The van der Waals surface area contributed by atoms with Gasteiger partial charge in [0.15, 0.2) is 0 Å². The first-order valence-electron chi connectivity index (χ1n) is 4.07. The van der Waals surface area contributed by atoms with Crippen LogP contribution in [0.2, 0.25) is 0 Å². The largest absolute Gasteiger partial charge is 0.396 e. The summed E-state index contributed by atoms with van der Waals surface area (Å²) in [6, 6.07) is 0. The second-order valence-electron chi connectivity index (χ2n) is 2.41. The van der Waals surface area contributed by atoms with Crippen LogP contribution < -0.4 is 0 Å². The normalized spacial score (nSPS) is 10.5. The summed E-state index contributed by atoms with van der Waals surface area (Å²) in [7, 11) is 0. The van der Waals surface area contributed by atoms with Crippen molar-refractivity contribution in [2.45, 2.75) is 19.2 Å². The molecule has 0 aliphatic heterocycles. The van der Waals surface area contributed by atoms with Crippen molar-refractivity contribution >= 4 is 11.8 Å². The van der Waals surface area contributed by atoms with Gasteiger partial charge < -0.3 is 9.67 Å². The van der Waals surface area contributed by atoms with Crippen LogP contribution in [0.25, 0.3) is 0 Å². The molecule has 1 heterocycles. The maximum atomic E-state index is 8.57. The van der Waals surface area contributed by atoms with Crippen molar-refractivity contribution in [1.29, 1.82) is 0 Å². The summed E-state index contributed by atoms with van der Waals surface area (Å²) in [6.45, 7) is 3.31. The van der Waals surface area contributed by atoms with Gasteiger partial charge >= 0.3 is 0 Å². The molecule has 0 saturated heterocycles. The molecule has 68 valence electrons. The molecule has 0 spiro atoms. The van der Waals surface area contributed by atoms with Crippen molar-refractivity contribution in [3.63, 3.8) is 0 Å². The van der Waals surface area contributed by atoms with Crippen molar-refractivity contribution in [3.8, 4) is 0 Å². The van der Waals surface area contributed by atoms with Crippen LogP contribution in [0.4, 0.5) is 0 Å². The molecule has 0 amide bonds. The lowest BCUT2D eigenvalue weighted by molar-refractivity contribution is 0.322. The molecular formula is C8H14N2OS. The summed E-state index contributed by atoms with van der Waals surface area (Å²) in [4.78, 5) is 4.22. The molecule has 1 rings (SSSR count). The molecule has 0 aliphatic carbocycles. The molecule has 0 saturated carbocycles. The Kier molecular flexibility index (Phi) is 4.18. The first kappa shape index (κ1) is 9.61. The topological polar surface area (TPSA) is 38.0 Å². The first-order chi connectivity index (χ1) is 5.88. The van der Waals surface area contributed by atoms with Gasteiger partial charge in [-0.05, 0) is 6.92 Å². The van der Waals surface area contributed by atoms with E-state index in [0.29, 0.717) is 0 Å². The van der Waals surface area contributed by atoms with Crippen molar-refractivity contribution < 1.29 is 5.11 Å². The second kappa shape index (κ2) is 5.22. The molecular weight excluding hydrogens is 172 g/mol. The number of aromatic nitrogens is 2. The van der Waals surface area contributed by atoms with Crippen LogP contribution in [-0.2, 0) is 12.3 Å². The van der Waals surface area contributed by atoms with Gasteiger partial charge in [0.1, 0.15) is 5.82 Å². The van der Waals surface area contributed by atoms with Gasteiger partial charge in [0, 0.05) is 24.7 Å². The van der Waals surface area contributed by atoms with Crippen molar-refractivity contribution in [2.75, 3.05) is 12.4 Å². The maximum Gasteiger partial charge on any atom is 0.118 e. The summed E-state index contributed by atoms with van der Waals surface area (Å²) in [5, 5.41) is 8.57. The molecule has 0 unspecified atom stereocenters. The van der Waals surface area contributed by atoms with E-state index in [-0.39, 0.29) is 6.61 Å². The predicted octanol–water partition coefficient (Wildman–Crippen LogP) is 1.13. The number of aryl methyl sites for hydroxylation is 1. The smallest absolute Gasteiger partial charge is 0.118 e. The summed E-state index contributed by atoms with van der Waals surface area (Å²) in [5.41, 5.74) is 0. The number of aliphatic hydroxyl groups is 1. The number of thioether (sulfide) groups is 1. The molecule has 0 aliphatic rings. The molecule has 0 fully saturated rings. The summed E-state index contributed by atoms with van der Waals surface area (Å²) >= 11 is 1.71. The fraction of sp³-hybridized carbons (Fsp3) is 0.625. The van der Waals surface area contributed by atoms with Crippen LogP contribution in [0.15, 0.2) is 12.4 Å². The predicted molar refractivity (Wildman–Crippen MR) is 51.1 cm³/mol. The van der Waals surface area contributed by atoms with E-state index >= 15 is 0 Å². The molecule has 12 heavy (non-hydrogen) atoms. The third kappa shape index (κ3) is 2.53. The van der Waals surface area contributed by atoms with E-state index < -0.39 is 0 Å². The van der Waals surface area contributed by atoms with E-state index in [1.165, 1.54) is 0 Å². The van der Waals surface area contributed by atoms with Gasteiger partial charge in [-0.25, -0.2) is 4.98 Å². The SMILES string of the molecule is CCn1ccnc1CSCCO. The third-order valence-corrected chi connectivity index (χ3v) is 2.54. The van der Waals surface area contributed by atoms with E-state index in [1.54, 1.807) is 11.8 Å². The van der Waals surface area contributed by atoms with Crippen LogP contribution in [0.3, 0.4) is 0 Å². The summed E-state index contributed by atoms with van der Waals surface area (Å²) in [5.74, 6) is 2.77. The van der Waals surface area contributed by atoms with Gasteiger partial charge in [0.05, 0.1) is 12.4 Å². The fourth-order valence-electron chi connectivity index (χ4n) is 0.996. The Hall–Kier alpha value is -0.480.